The fraction of sp³-hybridized carbons (Fsp3) is 0.571. The highest BCUT2D eigenvalue weighted by atomic mass is 32.1. The van der Waals surface area contributed by atoms with Gasteiger partial charge in [0.2, 0.25) is 17.7 Å². The Hall–Kier alpha value is -2.78. The van der Waals surface area contributed by atoms with Crippen molar-refractivity contribution in [1.82, 2.24) is 20.5 Å². The van der Waals surface area contributed by atoms with Gasteiger partial charge in [-0.2, -0.15) is 0 Å². The first-order chi connectivity index (χ1) is 17.6. The van der Waals surface area contributed by atoms with E-state index in [1.807, 2.05) is 50.5 Å². The van der Waals surface area contributed by atoms with Crippen LogP contribution in [0.1, 0.15) is 64.6 Å². The van der Waals surface area contributed by atoms with Crippen LogP contribution in [0.5, 0.6) is 0 Å². The minimum absolute atomic E-state index is 0.0780. The molecule has 0 saturated carbocycles. The van der Waals surface area contributed by atoms with Crippen molar-refractivity contribution in [2.75, 3.05) is 6.54 Å². The van der Waals surface area contributed by atoms with Crippen LogP contribution in [0.25, 0.3) is 10.4 Å². The Kier molecular flexibility index (Phi) is 10.2. The third kappa shape index (κ3) is 7.61. The van der Waals surface area contributed by atoms with E-state index in [1.54, 1.807) is 11.3 Å². The maximum Gasteiger partial charge on any atom is 0.246 e. The molecule has 1 aromatic heterocycles. The smallest absolute Gasteiger partial charge is 0.246 e. The zero-order chi connectivity index (χ0) is 27.1. The summed E-state index contributed by atoms with van der Waals surface area (Å²) in [5, 5.41) is 16.2. The molecule has 4 atom stereocenters. The van der Waals surface area contributed by atoms with Crippen LogP contribution in [0.4, 0.5) is 0 Å². The number of amides is 3. The predicted octanol–water partition coefficient (Wildman–Crippen LogP) is 3.66. The van der Waals surface area contributed by atoms with E-state index in [4.69, 9.17) is 0 Å². The molecule has 3 N–H and O–H groups in total. The number of likely N-dealkylation sites (tertiary alicyclic amines) is 1. The molecule has 37 heavy (non-hydrogen) atoms. The molecule has 202 valence electrons. The average molecular weight is 529 g/mol. The molecule has 3 rings (SSSR count). The Labute approximate surface area is 223 Å². The molecule has 0 unspecified atom stereocenters. The zero-order valence-electron chi connectivity index (χ0n) is 22.5. The number of hydrogen-bond donors (Lipinski definition) is 3. The SMILES string of the molecule is CC[C@H](C)[C@H](NC(=O)CCC(C)C)C(=O)N1C[C@H](O)C[C@H]1C(=O)NCc1ccc(-c2scnc2C)cc1. The van der Waals surface area contributed by atoms with Crippen molar-refractivity contribution < 1.29 is 19.5 Å². The van der Waals surface area contributed by atoms with Crippen LogP contribution >= 0.6 is 11.3 Å². The number of benzene rings is 1. The van der Waals surface area contributed by atoms with Crippen LogP contribution in [0.2, 0.25) is 0 Å². The van der Waals surface area contributed by atoms with Crippen molar-refractivity contribution in [3.8, 4) is 10.4 Å². The van der Waals surface area contributed by atoms with Gasteiger partial charge in [-0.1, -0.05) is 58.4 Å². The number of carbonyl (C=O) groups excluding carboxylic acids is 3. The Balaban J connectivity index is 1.64. The first-order valence-electron chi connectivity index (χ1n) is 13.2. The summed E-state index contributed by atoms with van der Waals surface area (Å²) in [6.07, 6.45) is 1.19. The largest absolute Gasteiger partial charge is 0.391 e. The van der Waals surface area contributed by atoms with Crippen molar-refractivity contribution in [1.29, 1.82) is 0 Å². The number of rotatable bonds is 11. The molecular weight excluding hydrogens is 488 g/mol. The topological polar surface area (TPSA) is 112 Å². The molecule has 0 spiro atoms. The fourth-order valence-corrected chi connectivity index (χ4v) is 5.30. The van der Waals surface area contributed by atoms with Crippen LogP contribution in [0.15, 0.2) is 29.8 Å². The predicted molar refractivity (Wildman–Crippen MR) is 146 cm³/mol. The van der Waals surface area contributed by atoms with Gasteiger partial charge < -0.3 is 20.6 Å². The quantitative estimate of drug-likeness (QED) is 0.412. The molecule has 0 bridgehead atoms. The molecule has 1 aromatic carbocycles. The first-order valence-corrected chi connectivity index (χ1v) is 14.0. The van der Waals surface area contributed by atoms with Crippen LogP contribution in [0, 0.1) is 18.8 Å². The van der Waals surface area contributed by atoms with Crippen LogP contribution < -0.4 is 10.6 Å². The normalized spacial score (nSPS) is 19.1. The van der Waals surface area contributed by atoms with E-state index in [-0.39, 0.29) is 36.6 Å². The second-order valence-electron chi connectivity index (χ2n) is 10.4. The van der Waals surface area contributed by atoms with Gasteiger partial charge in [-0.25, -0.2) is 4.98 Å². The summed E-state index contributed by atoms with van der Waals surface area (Å²) in [6.45, 7) is 10.4. The summed E-state index contributed by atoms with van der Waals surface area (Å²) < 4.78 is 0. The van der Waals surface area contributed by atoms with Gasteiger partial charge in [0.15, 0.2) is 0 Å². The second-order valence-corrected chi connectivity index (χ2v) is 11.3. The van der Waals surface area contributed by atoms with Crippen molar-refractivity contribution in [3.05, 3.63) is 41.0 Å². The van der Waals surface area contributed by atoms with Gasteiger partial charge in [0.1, 0.15) is 12.1 Å². The first kappa shape index (κ1) is 28.8. The number of thiazole rings is 1. The molecule has 8 nitrogen and oxygen atoms in total. The Morgan fingerprint density at radius 1 is 1.19 bits per heavy atom. The number of nitrogens with zero attached hydrogens (tertiary/aromatic N) is 2. The fourth-order valence-electron chi connectivity index (χ4n) is 4.49. The number of aryl methyl sites for hydroxylation is 1. The number of aromatic nitrogens is 1. The van der Waals surface area contributed by atoms with E-state index >= 15 is 0 Å². The number of aliphatic hydroxyl groups is 1. The van der Waals surface area contributed by atoms with E-state index in [0.29, 0.717) is 25.3 Å². The van der Waals surface area contributed by atoms with Gasteiger partial charge in [-0.3, -0.25) is 14.4 Å². The molecule has 9 heteroatoms. The maximum atomic E-state index is 13.5. The lowest BCUT2D eigenvalue weighted by Gasteiger charge is -2.31. The highest BCUT2D eigenvalue weighted by Crippen LogP contribution is 2.27. The molecule has 1 aliphatic rings. The lowest BCUT2D eigenvalue weighted by Crippen LogP contribution is -2.55. The van der Waals surface area contributed by atoms with Crippen molar-refractivity contribution in [2.24, 2.45) is 11.8 Å². The van der Waals surface area contributed by atoms with Crippen molar-refractivity contribution in [3.63, 3.8) is 0 Å². The Bertz CT molecular complexity index is 1070. The molecule has 1 fully saturated rings. The Morgan fingerprint density at radius 3 is 2.49 bits per heavy atom. The van der Waals surface area contributed by atoms with E-state index in [1.165, 1.54) is 4.90 Å². The summed E-state index contributed by atoms with van der Waals surface area (Å²) in [7, 11) is 0. The lowest BCUT2D eigenvalue weighted by atomic mass is 9.96. The number of hydrogen-bond acceptors (Lipinski definition) is 6. The van der Waals surface area contributed by atoms with Crippen molar-refractivity contribution in [2.45, 2.75) is 85.0 Å². The third-order valence-corrected chi connectivity index (χ3v) is 8.02. The monoisotopic (exact) mass is 528 g/mol. The number of carbonyl (C=O) groups is 3. The van der Waals surface area contributed by atoms with Gasteiger partial charge >= 0.3 is 0 Å². The molecule has 2 aromatic rings. The highest BCUT2D eigenvalue weighted by molar-refractivity contribution is 7.13. The highest BCUT2D eigenvalue weighted by Gasteiger charge is 2.42. The van der Waals surface area contributed by atoms with Gasteiger partial charge in [-0.05, 0) is 36.3 Å². The van der Waals surface area contributed by atoms with E-state index < -0.39 is 18.2 Å². The van der Waals surface area contributed by atoms with Crippen LogP contribution in [-0.4, -0.2) is 57.4 Å². The summed E-state index contributed by atoms with van der Waals surface area (Å²) in [5.41, 5.74) is 4.83. The van der Waals surface area contributed by atoms with Gasteiger partial charge in [0.25, 0.3) is 0 Å². The molecule has 3 amide bonds. The van der Waals surface area contributed by atoms with Gasteiger partial charge in [0.05, 0.1) is 22.2 Å². The maximum absolute atomic E-state index is 13.5. The van der Waals surface area contributed by atoms with Gasteiger partial charge in [-0.15, -0.1) is 11.3 Å². The second kappa shape index (κ2) is 13.1. The average Bonchev–Trinajstić information content (AvgIpc) is 3.49. The zero-order valence-corrected chi connectivity index (χ0v) is 23.3. The molecule has 1 aliphatic heterocycles. The minimum Gasteiger partial charge on any atom is -0.391 e. The lowest BCUT2D eigenvalue weighted by molar-refractivity contribution is -0.142. The minimum atomic E-state index is -0.782. The summed E-state index contributed by atoms with van der Waals surface area (Å²) in [4.78, 5) is 46.1. The summed E-state index contributed by atoms with van der Waals surface area (Å²) in [5.74, 6) is -0.490. The molecule has 0 radical (unpaired) electrons. The van der Waals surface area contributed by atoms with Crippen molar-refractivity contribution >= 4 is 29.1 Å². The molecule has 1 saturated heterocycles. The molecule has 0 aliphatic carbocycles. The number of aliphatic hydroxyl groups excluding tert-OH is 1. The van der Waals surface area contributed by atoms with Crippen LogP contribution in [-0.2, 0) is 20.9 Å². The van der Waals surface area contributed by atoms with Crippen LogP contribution in [0.3, 0.4) is 0 Å². The third-order valence-electron chi connectivity index (χ3n) is 7.04. The van der Waals surface area contributed by atoms with Gasteiger partial charge in [0, 0.05) is 25.9 Å². The Morgan fingerprint density at radius 2 is 1.89 bits per heavy atom. The summed E-state index contributed by atoms with van der Waals surface area (Å²) in [6, 6.07) is 6.44. The van der Waals surface area contributed by atoms with E-state index in [2.05, 4.69) is 29.5 Å². The van der Waals surface area contributed by atoms with E-state index in [9.17, 15) is 19.5 Å². The molecule has 2 heterocycles. The number of β-amino-alcohol motifs (C(OH)–C–C–N with tert-alkyl or cyclic N) is 1. The standard InChI is InChI=1S/C28H40N4O4S/c1-6-18(4)25(31-24(34)12-7-17(2)3)28(36)32-15-22(33)13-23(32)27(35)29-14-20-8-10-21(11-9-20)26-19(5)30-16-37-26/h8-11,16-18,22-23,25,33H,6-7,12-15H2,1-5H3,(H,29,35)(H,31,34)/t18-,22+,23-,25-/m0/s1. The van der Waals surface area contributed by atoms with E-state index in [0.717, 1.165) is 28.1 Å². The summed E-state index contributed by atoms with van der Waals surface area (Å²) >= 11 is 1.59. The molecular formula is C28H40N4O4S. The number of nitrogens with one attached hydrogen (secondary N) is 2.